The molecule has 0 bridgehead atoms. The van der Waals surface area contributed by atoms with Crippen LogP contribution < -0.4 is 20.3 Å². The van der Waals surface area contributed by atoms with Crippen LogP contribution in [-0.4, -0.2) is 37.1 Å². The van der Waals surface area contributed by atoms with Crippen LogP contribution in [0.1, 0.15) is 56.0 Å². The van der Waals surface area contributed by atoms with E-state index < -0.39 is 0 Å². The molecular formula is C25H34N4O2. The first-order valence-corrected chi connectivity index (χ1v) is 11.4. The number of amides is 1. The molecule has 1 saturated heterocycles. The van der Waals surface area contributed by atoms with Crippen molar-refractivity contribution in [2.45, 2.75) is 64.2 Å². The maximum Gasteiger partial charge on any atom is 0.227 e. The van der Waals surface area contributed by atoms with E-state index in [2.05, 4.69) is 60.9 Å². The van der Waals surface area contributed by atoms with Crippen LogP contribution in [0.4, 0.5) is 5.69 Å². The quantitative estimate of drug-likeness (QED) is 0.745. The van der Waals surface area contributed by atoms with Gasteiger partial charge >= 0.3 is 0 Å². The van der Waals surface area contributed by atoms with Gasteiger partial charge in [-0.2, -0.15) is 0 Å². The average Bonchev–Trinajstić information content (AvgIpc) is 2.80. The third-order valence-corrected chi connectivity index (χ3v) is 6.73. The fraction of sp³-hybridized carbons (Fsp3) is 0.520. The van der Waals surface area contributed by atoms with E-state index in [-0.39, 0.29) is 11.9 Å². The maximum absolute atomic E-state index is 12.2. The van der Waals surface area contributed by atoms with Gasteiger partial charge in [0.15, 0.2) is 0 Å². The number of aromatic nitrogens is 1. The number of benzene rings is 1. The van der Waals surface area contributed by atoms with E-state index in [1.165, 1.54) is 5.56 Å². The van der Waals surface area contributed by atoms with Crippen LogP contribution in [-0.2, 0) is 17.8 Å². The molecule has 6 nitrogen and oxygen atoms in total. The maximum atomic E-state index is 12.2. The smallest absolute Gasteiger partial charge is 0.227 e. The number of carbonyl (C=O) groups excluding carboxylic acids is 1. The van der Waals surface area contributed by atoms with E-state index in [0.717, 1.165) is 29.8 Å². The van der Waals surface area contributed by atoms with Gasteiger partial charge in [-0.25, -0.2) is 4.98 Å². The zero-order valence-corrected chi connectivity index (χ0v) is 19.0. The third-order valence-electron chi connectivity index (χ3n) is 6.73. The summed E-state index contributed by atoms with van der Waals surface area (Å²) in [6.45, 7) is 5.22. The zero-order chi connectivity index (χ0) is 22.0. The van der Waals surface area contributed by atoms with E-state index >= 15 is 0 Å². The number of hydrogen-bond donors (Lipinski definition) is 2. The van der Waals surface area contributed by atoms with E-state index in [4.69, 9.17) is 9.72 Å². The number of carbonyl (C=O) groups is 1. The molecule has 0 saturated carbocycles. The molecule has 2 N–H and O–H groups in total. The lowest BCUT2D eigenvalue weighted by Crippen LogP contribution is -2.51. The first-order valence-electron chi connectivity index (χ1n) is 11.4. The Morgan fingerprint density at radius 2 is 2.00 bits per heavy atom. The van der Waals surface area contributed by atoms with Gasteiger partial charge in [-0.05, 0) is 30.4 Å². The number of pyridine rings is 1. The summed E-state index contributed by atoms with van der Waals surface area (Å²) in [4.78, 5) is 18.6. The molecule has 2 aromatic rings. The van der Waals surface area contributed by atoms with Crippen LogP contribution in [0.2, 0.25) is 0 Å². The summed E-state index contributed by atoms with van der Waals surface area (Å²) < 4.78 is 5.60. The van der Waals surface area contributed by atoms with Crippen molar-refractivity contribution in [3.63, 3.8) is 0 Å². The molecule has 0 unspecified atom stereocenters. The number of aryl methyl sites for hydroxylation is 1. The normalized spacial score (nSPS) is 23.7. The van der Waals surface area contributed by atoms with Crippen LogP contribution in [0.3, 0.4) is 0 Å². The van der Waals surface area contributed by atoms with Gasteiger partial charge in [0.1, 0.15) is 0 Å². The molecule has 0 radical (unpaired) electrons. The first-order chi connectivity index (χ1) is 15.0. The Morgan fingerprint density at radius 3 is 2.71 bits per heavy atom. The number of ether oxygens (including phenoxy) is 1. The van der Waals surface area contributed by atoms with Crippen molar-refractivity contribution in [3.05, 3.63) is 53.2 Å². The van der Waals surface area contributed by atoms with Gasteiger partial charge in [-0.3, -0.25) is 4.79 Å². The summed E-state index contributed by atoms with van der Waals surface area (Å²) >= 11 is 0. The molecule has 0 spiro atoms. The molecule has 1 fully saturated rings. The number of piperidine rings is 1. The van der Waals surface area contributed by atoms with Gasteiger partial charge in [0.2, 0.25) is 11.8 Å². The number of anilines is 1. The number of rotatable bonds is 6. The summed E-state index contributed by atoms with van der Waals surface area (Å²) in [5, 5.41) is 7.65. The van der Waals surface area contributed by atoms with Crippen molar-refractivity contribution in [1.29, 1.82) is 0 Å². The Balaban J connectivity index is 1.55. The molecule has 4 rings (SSSR count). The van der Waals surface area contributed by atoms with E-state index in [1.54, 1.807) is 12.0 Å². The van der Waals surface area contributed by atoms with Crippen molar-refractivity contribution in [2.24, 2.45) is 5.92 Å². The lowest BCUT2D eigenvalue weighted by Gasteiger charge is -2.40. The monoisotopic (exact) mass is 422 g/mol. The van der Waals surface area contributed by atoms with Gasteiger partial charge in [0, 0.05) is 50.1 Å². The molecule has 1 aromatic carbocycles. The number of methoxy groups -OCH3 is 1. The Labute approximate surface area is 185 Å². The Kier molecular flexibility index (Phi) is 6.58. The predicted molar refractivity (Wildman–Crippen MR) is 123 cm³/mol. The van der Waals surface area contributed by atoms with Crippen LogP contribution >= 0.6 is 0 Å². The number of nitrogens with zero attached hydrogens (tertiary/aromatic N) is 2. The highest BCUT2D eigenvalue weighted by Crippen LogP contribution is 2.32. The minimum atomic E-state index is 0.138. The van der Waals surface area contributed by atoms with Crippen molar-refractivity contribution in [3.8, 4) is 5.88 Å². The Morgan fingerprint density at radius 1 is 1.23 bits per heavy atom. The molecular weight excluding hydrogens is 388 g/mol. The predicted octanol–water partition coefficient (Wildman–Crippen LogP) is 3.61. The van der Waals surface area contributed by atoms with E-state index in [1.807, 2.05) is 7.05 Å². The van der Waals surface area contributed by atoms with Crippen molar-refractivity contribution < 1.29 is 9.53 Å². The SMILES string of the molecule is COc1nc2c(cc1CN[C@H]1CC[C@@H](C(C)C)N[C@H]1c1ccccc1)N(C)C(=O)CC2. The highest BCUT2D eigenvalue weighted by molar-refractivity contribution is 5.95. The summed E-state index contributed by atoms with van der Waals surface area (Å²) in [5.41, 5.74) is 4.13. The van der Waals surface area contributed by atoms with Gasteiger partial charge in [-0.15, -0.1) is 0 Å². The van der Waals surface area contributed by atoms with Gasteiger partial charge in [0.25, 0.3) is 0 Å². The summed E-state index contributed by atoms with van der Waals surface area (Å²) in [6, 6.07) is 13.8. The van der Waals surface area contributed by atoms with Crippen LogP contribution in [0.5, 0.6) is 5.88 Å². The third kappa shape index (κ3) is 4.60. The van der Waals surface area contributed by atoms with Crippen molar-refractivity contribution in [2.75, 3.05) is 19.1 Å². The second kappa shape index (κ2) is 9.37. The highest BCUT2D eigenvalue weighted by atomic mass is 16.5. The van der Waals surface area contributed by atoms with Crippen molar-refractivity contribution in [1.82, 2.24) is 15.6 Å². The highest BCUT2D eigenvalue weighted by Gasteiger charge is 2.32. The molecule has 1 amide bonds. The largest absolute Gasteiger partial charge is 0.481 e. The number of hydrogen-bond acceptors (Lipinski definition) is 5. The minimum absolute atomic E-state index is 0.138. The van der Waals surface area contributed by atoms with Gasteiger partial charge in [-0.1, -0.05) is 44.2 Å². The molecule has 3 atom stereocenters. The second-order valence-electron chi connectivity index (χ2n) is 9.05. The Hall–Kier alpha value is -2.44. The summed E-state index contributed by atoms with van der Waals surface area (Å²) in [6.07, 6.45) is 3.42. The standard InChI is InChI=1S/C25H34N4O2/c1-16(2)19-10-11-21(24(27-19)17-8-6-5-7-9-17)26-15-18-14-22-20(28-25(18)31-4)12-13-23(30)29(22)3/h5-9,14,16,19,21,24,26-27H,10-13,15H2,1-4H3/t19-,21-,24-/m0/s1. The first kappa shape index (κ1) is 21.8. The lowest BCUT2D eigenvalue weighted by molar-refractivity contribution is -0.118. The number of nitrogens with one attached hydrogen (secondary N) is 2. The lowest BCUT2D eigenvalue weighted by atomic mass is 9.85. The molecule has 166 valence electrons. The van der Waals surface area contributed by atoms with E-state index in [0.29, 0.717) is 43.3 Å². The molecule has 1 aromatic heterocycles. The van der Waals surface area contributed by atoms with Crippen molar-refractivity contribution >= 4 is 11.6 Å². The molecule has 31 heavy (non-hydrogen) atoms. The fourth-order valence-electron chi connectivity index (χ4n) is 4.80. The van der Waals surface area contributed by atoms with Crippen LogP contribution in [0.25, 0.3) is 0 Å². The van der Waals surface area contributed by atoms with Gasteiger partial charge < -0.3 is 20.3 Å². The Bertz CT molecular complexity index is 915. The molecule has 6 heteroatoms. The molecule has 3 heterocycles. The topological polar surface area (TPSA) is 66.5 Å². The molecule has 2 aliphatic rings. The molecule has 0 aliphatic carbocycles. The zero-order valence-electron chi connectivity index (χ0n) is 19.0. The fourth-order valence-corrected chi connectivity index (χ4v) is 4.80. The summed E-state index contributed by atoms with van der Waals surface area (Å²) in [5.74, 6) is 1.39. The summed E-state index contributed by atoms with van der Waals surface area (Å²) in [7, 11) is 3.49. The second-order valence-corrected chi connectivity index (χ2v) is 9.05. The average molecular weight is 423 g/mol. The van der Waals surface area contributed by atoms with Crippen LogP contribution in [0, 0.1) is 5.92 Å². The minimum Gasteiger partial charge on any atom is -0.481 e. The van der Waals surface area contributed by atoms with Gasteiger partial charge in [0.05, 0.1) is 18.5 Å². The van der Waals surface area contributed by atoms with E-state index in [9.17, 15) is 4.79 Å². The molecule has 2 aliphatic heterocycles. The number of fused-ring (bicyclic) bond motifs is 1. The van der Waals surface area contributed by atoms with Crippen LogP contribution in [0.15, 0.2) is 36.4 Å².